The van der Waals surface area contributed by atoms with Gasteiger partial charge in [-0.15, -0.1) is 0 Å². The van der Waals surface area contributed by atoms with E-state index in [0.29, 0.717) is 5.56 Å². The Morgan fingerprint density at radius 2 is 1.94 bits per heavy atom. The molecule has 1 amide bonds. The first kappa shape index (κ1) is 10.3. The summed E-state index contributed by atoms with van der Waals surface area (Å²) >= 11 is 0. The lowest BCUT2D eigenvalue weighted by molar-refractivity contribution is 0.100. The quantitative estimate of drug-likeness (QED) is 0.846. The van der Waals surface area contributed by atoms with Gasteiger partial charge in [0.15, 0.2) is 0 Å². The Balaban J connectivity index is 2.31. The number of rotatable bonds is 3. The molecule has 2 aromatic rings. The van der Waals surface area contributed by atoms with Crippen molar-refractivity contribution < 1.29 is 9.53 Å². The van der Waals surface area contributed by atoms with Crippen LogP contribution in [0, 0.1) is 0 Å². The van der Waals surface area contributed by atoms with E-state index in [9.17, 15) is 4.79 Å². The maximum Gasteiger partial charge on any atom is 0.250 e. The van der Waals surface area contributed by atoms with Gasteiger partial charge >= 0.3 is 0 Å². The number of carbonyl (C=O) groups is 1. The average molecular weight is 216 g/mol. The molecule has 0 unspecified atom stereocenters. The molecule has 4 nitrogen and oxygen atoms in total. The van der Waals surface area contributed by atoms with E-state index in [0.717, 1.165) is 11.4 Å². The molecule has 0 saturated heterocycles. The first-order chi connectivity index (χ1) is 7.70. The fourth-order valence-corrected chi connectivity index (χ4v) is 1.46. The second kappa shape index (κ2) is 4.10. The zero-order chi connectivity index (χ0) is 11.5. The molecule has 0 saturated carbocycles. The summed E-state index contributed by atoms with van der Waals surface area (Å²) in [5.74, 6) is 0.373. The number of hydrogen-bond acceptors (Lipinski definition) is 2. The number of carbonyl (C=O) groups excluding carboxylic acids is 1. The number of nitrogens with two attached hydrogens (primary N) is 1. The highest BCUT2D eigenvalue weighted by Crippen LogP contribution is 2.15. The van der Waals surface area contributed by atoms with Gasteiger partial charge in [0, 0.05) is 18.1 Å². The Labute approximate surface area is 93.3 Å². The average Bonchev–Trinajstić information content (AvgIpc) is 2.78. The molecule has 0 radical (unpaired) electrons. The van der Waals surface area contributed by atoms with Crippen LogP contribution in [0.4, 0.5) is 0 Å². The summed E-state index contributed by atoms with van der Waals surface area (Å²) < 4.78 is 6.90. The second-order valence-electron chi connectivity index (χ2n) is 3.37. The summed E-state index contributed by atoms with van der Waals surface area (Å²) in [5.41, 5.74) is 6.63. The lowest BCUT2D eigenvalue weighted by Gasteiger charge is -2.04. The van der Waals surface area contributed by atoms with Crippen LogP contribution < -0.4 is 10.5 Å². The van der Waals surface area contributed by atoms with E-state index in [-0.39, 0.29) is 0 Å². The van der Waals surface area contributed by atoms with E-state index >= 15 is 0 Å². The minimum absolute atomic E-state index is 0.424. The Morgan fingerprint density at radius 1 is 1.25 bits per heavy atom. The number of methoxy groups -OCH3 is 1. The van der Waals surface area contributed by atoms with Crippen molar-refractivity contribution in [1.82, 2.24) is 4.57 Å². The summed E-state index contributed by atoms with van der Waals surface area (Å²) in [6.07, 6.45) is 3.49. The number of hydrogen-bond donors (Lipinski definition) is 1. The highest BCUT2D eigenvalue weighted by Gasteiger charge is 2.03. The van der Waals surface area contributed by atoms with Gasteiger partial charge in [-0.05, 0) is 30.3 Å². The molecule has 1 aromatic carbocycles. The number of nitrogens with zero attached hydrogens (tertiary/aromatic N) is 1. The van der Waals surface area contributed by atoms with Crippen molar-refractivity contribution >= 4 is 5.91 Å². The molecule has 16 heavy (non-hydrogen) atoms. The third kappa shape index (κ3) is 1.91. The van der Waals surface area contributed by atoms with Crippen LogP contribution in [0.25, 0.3) is 5.69 Å². The number of ether oxygens (including phenoxy) is 1. The van der Waals surface area contributed by atoms with Crippen LogP contribution >= 0.6 is 0 Å². The molecular formula is C12H12N2O2. The molecule has 4 heteroatoms. The van der Waals surface area contributed by atoms with Crippen LogP contribution in [-0.2, 0) is 0 Å². The van der Waals surface area contributed by atoms with E-state index in [1.807, 2.05) is 28.8 Å². The van der Waals surface area contributed by atoms with E-state index in [1.165, 1.54) is 0 Å². The number of benzene rings is 1. The number of aromatic nitrogens is 1. The Hall–Kier alpha value is -2.23. The minimum atomic E-state index is -0.424. The van der Waals surface area contributed by atoms with Crippen LogP contribution in [0.5, 0.6) is 5.75 Å². The number of primary amides is 1. The summed E-state index contributed by atoms with van der Waals surface area (Å²) in [4.78, 5) is 10.9. The fraction of sp³-hybridized carbons (Fsp3) is 0.0833. The standard InChI is InChI=1S/C12H12N2O2/c1-16-11-4-2-10(3-5-11)14-7-6-9(8-14)12(13)15/h2-8H,1H3,(H2,13,15). The first-order valence-electron chi connectivity index (χ1n) is 4.83. The van der Waals surface area contributed by atoms with Gasteiger partial charge in [-0.2, -0.15) is 0 Å². The van der Waals surface area contributed by atoms with Gasteiger partial charge in [-0.25, -0.2) is 0 Å². The summed E-state index contributed by atoms with van der Waals surface area (Å²) in [5, 5.41) is 0. The van der Waals surface area contributed by atoms with Gasteiger partial charge in [0.1, 0.15) is 5.75 Å². The molecule has 2 rings (SSSR count). The normalized spacial score (nSPS) is 10.1. The van der Waals surface area contributed by atoms with Crippen molar-refractivity contribution in [1.29, 1.82) is 0 Å². The molecule has 2 N–H and O–H groups in total. The van der Waals surface area contributed by atoms with Crippen LogP contribution in [0.15, 0.2) is 42.7 Å². The number of amides is 1. The summed E-state index contributed by atoms with van der Waals surface area (Å²) in [6.45, 7) is 0. The van der Waals surface area contributed by atoms with Gasteiger partial charge in [0.25, 0.3) is 0 Å². The van der Waals surface area contributed by atoms with Crippen molar-refractivity contribution in [3.05, 3.63) is 48.3 Å². The topological polar surface area (TPSA) is 57.2 Å². The summed E-state index contributed by atoms with van der Waals surface area (Å²) in [7, 11) is 1.62. The molecule has 1 aromatic heterocycles. The zero-order valence-electron chi connectivity index (χ0n) is 8.88. The van der Waals surface area contributed by atoms with Crippen molar-refractivity contribution in [3.63, 3.8) is 0 Å². The Bertz CT molecular complexity index is 500. The molecule has 0 aliphatic heterocycles. The van der Waals surface area contributed by atoms with Crippen molar-refractivity contribution in [2.75, 3.05) is 7.11 Å². The molecule has 0 aliphatic carbocycles. The lowest BCUT2D eigenvalue weighted by atomic mass is 10.3. The second-order valence-corrected chi connectivity index (χ2v) is 3.37. The van der Waals surface area contributed by atoms with Gasteiger partial charge in [-0.3, -0.25) is 4.79 Å². The van der Waals surface area contributed by atoms with Gasteiger partial charge in [0.2, 0.25) is 5.91 Å². The molecular weight excluding hydrogens is 204 g/mol. The van der Waals surface area contributed by atoms with Gasteiger partial charge < -0.3 is 15.0 Å². The predicted molar refractivity (Wildman–Crippen MR) is 60.8 cm³/mol. The van der Waals surface area contributed by atoms with Gasteiger partial charge in [-0.1, -0.05) is 0 Å². The maximum absolute atomic E-state index is 10.9. The monoisotopic (exact) mass is 216 g/mol. The predicted octanol–water partition coefficient (Wildman–Crippen LogP) is 1.58. The highest BCUT2D eigenvalue weighted by atomic mass is 16.5. The van der Waals surface area contributed by atoms with Crippen LogP contribution in [0.3, 0.4) is 0 Å². The molecule has 0 spiro atoms. The lowest BCUT2D eigenvalue weighted by Crippen LogP contribution is -2.09. The van der Waals surface area contributed by atoms with Crippen LogP contribution in [0.2, 0.25) is 0 Å². The molecule has 0 bridgehead atoms. The largest absolute Gasteiger partial charge is 0.497 e. The van der Waals surface area contributed by atoms with E-state index < -0.39 is 5.91 Å². The van der Waals surface area contributed by atoms with Crippen LogP contribution in [-0.4, -0.2) is 17.6 Å². The molecule has 0 fully saturated rings. The minimum Gasteiger partial charge on any atom is -0.497 e. The highest BCUT2D eigenvalue weighted by molar-refractivity contribution is 5.92. The van der Waals surface area contributed by atoms with Crippen LogP contribution in [0.1, 0.15) is 10.4 Å². The van der Waals surface area contributed by atoms with E-state index in [1.54, 1.807) is 25.6 Å². The Kier molecular flexibility index (Phi) is 2.64. The smallest absolute Gasteiger partial charge is 0.250 e. The molecule has 0 atom stereocenters. The van der Waals surface area contributed by atoms with E-state index in [2.05, 4.69) is 0 Å². The van der Waals surface area contributed by atoms with Crippen molar-refractivity contribution in [2.45, 2.75) is 0 Å². The third-order valence-electron chi connectivity index (χ3n) is 2.35. The molecule has 82 valence electrons. The van der Waals surface area contributed by atoms with Crippen molar-refractivity contribution in [3.8, 4) is 11.4 Å². The first-order valence-corrected chi connectivity index (χ1v) is 4.83. The Morgan fingerprint density at radius 3 is 2.44 bits per heavy atom. The van der Waals surface area contributed by atoms with Crippen molar-refractivity contribution in [2.24, 2.45) is 5.73 Å². The zero-order valence-corrected chi connectivity index (χ0v) is 8.88. The van der Waals surface area contributed by atoms with Gasteiger partial charge in [0.05, 0.1) is 12.7 Å². The summed E-state index contributed by atoms with van der Waals surface area (Å²) in [6, 6.07) is 9.22. The molecule has 0 aliphatic rings. The maximum atomic E-state index is 10.9. The third-order valence-corrected chi connectivity index (χ3v) is 2.35. The van der Waals surface area contributed by atoms with E-state index in [4.69, 9.17) is 10.5 Å². The molecule has 1 heterocycles. The SMILES string of the molecule is COc1ccc(-n2ccc(C(N)=O)c2)cc1. The fourth-order valence-electron chi connectivity index (χ4n) is 1.46.